The summed E-state index contributed by atoms with van der Waals surface area (Å²) in [6, 6.07) is 12.1. The molecule has 0 heterocycles. The number of aliphatic hydroxyl groups is 1. The third-order valence-corrected chi connectivity index (χ3v) is 4.19. The van der Waals surface area contributed by atoms with E-state index in [9.17, 15) is 23.9 Å². The van der Waals surface area contributed by atoms with Gasteiger partial charge in [-0.3, -0.25) is 4.79 Å². The van der Waals surface area contributed by atoms with Gasteiger partial charge in [-0.1, -0.05) is 48.5 Å². The van der Waals surface area contributed by atoms with E-state index in [1.165, 1.54) is 18.2 Å². The third kappa shape index (κ3) is 6.85. The van der Waals surface area contributed by atoms with Gasteiger partial charge < -0.3 is 25.2 Å². The maximum atomic E-state index is 13.9. The van der Waals surface area contributed by atoms with Crippen LogP contribution in [-0.4, -0.2) is 48.9 Å². The van der Waals surface area contributed by atoms with Crippen LogP contribution in [0.1, 0.15) is 11.1 Å². The van der Waals surface area contributed by atoms with Crippen LogP contribution in [0, 0.1) is 5.82 Å². The molecule has 8 nitrogen and oxygen atoms in total. The molecule has 2 amide bonds. The van der Waals surface area contributed by atoms with Crippen molar-refractivity contribution in [2.45, 2.75) is 25.1 Å². The molecule has 0 fully saturated rings. The molecule has 0 saturated carbocycles. The molecule has 2 aromatic rings. The van der Waals surface area contributed by atoms with Crippen molar-refractivity contribution in [3.63, 3.8) is 0 Å². The highest BCUT2D eigenvalue weighted by molar-refractivity contribution is 5.89. The second kappa shape index (κ2) is 11.5. The summed E-state index contributed by atoms with van der Waals surface area (Å²) in [4.78, 5) is 36.4. The predicted octanol–water partition coefficient (Wildman–Crippen LogP) is 1.31. The van der Waals surface area contributed by atoms with Crippen LogP contribution >= 0.6 is 0 Å². The number of hydrogen-bond donors (Lipinski definition) is 3. The van der Waals surface area contributed by atoms with Crippen molar-refractivity contribution in [3.8, 4) is 0 Å². The van der Waals surface area contributed by atoms with Gasteiger partial charge in [0.1, 0.15) is 24.5 Å². The number of methoxy groups -OCH3 is 1. The van der Waals surface area contributed by atoms with E-state index in [1.807, 2.05) is 6.07 Å². The summed E-state index contributed by atoms with van der Waals surface area (Å²) in [5, 5.41) is 14.1. The van der Waals surface area contributed by atoms with Gasteiger partial charge in [-0.25, -0.2) is 14.0 Å². The fraction of sp³-hybridized carbons (Fsp3) is 0.286. The second-order valence-electron chi connectivity index (χ2n) is 6.32. The summed E-state index contributed by atoms with van der Waals surface area (Å²) in [6.45, 7) is -0.760. The first kappa shape index (κ1) is 22.8. The van der Waals surface area contributed by atoms with Gasteiger partial charge in [0, 0.05) is 6.42 Å². The van der Waals surface area contributed by atoms with Crippen molar-refractivity contribution in [2.24, 2.45) is 0 Å². The SMILES string of the molecule is COC(=O)[C@@H](Cc1ccccc1F)NC(=O)[C@H](CO)NC(=O)OCc1ccccc1. The van der Waals surface area contributed by atoms with Crippen LogP contribution in [-0.2, 0) is 32.1 Å². The number of esters is 1. The Morgan fingerprint density at radius 2 is 1.67 bits per heavy atom. The molecule has 3 N–H and O–H groups in total. The minimum Gasteiger partial charge on any atom is -0.467 e. The number of carbonyl (C=O) groups excluding carboxylic acids is 3. The summed E-state index contributed by atoms with van der Waals surface area (Å²) in [7, 11) is 1.13. The smallest absolute Gasteiger partial charge is 0.408 e. The van der Waals surface area contributed by atoms with E-state index in [4.69, 9.17) is 4.74 Å². The minimum absolute atomic E-state index is 0.0233. The average Bonchev–Trinajstić information content (AvgIpc) is 2.77. The number of benzene rings is 2. The molecule has 0 aliphatic heterocycles. The second-order valence-corrected chi connectivity index (χ2v) is 6.32. The first-order valence-electron chi connectivity index (χ1n) is 9.14. The Bertz CT molecular complexity index is 862. The zero-order valence-corrected chi connectivity index (χ0v) is 16.3. The molecule has 0 aliphatic carbocycles. The van der Waals surface area contributed by atoms with E-state index in [-0.39, 0.29) is 18.6 Å². The number of alkyl carbamates (subject to hydrolysis) is 1. The Morgan fingerprint density at radius 1 is 1.00 bits per heavy atom. The Hall–Kier alpha value is -3.46. The normalized spacial score (nSPS) is 12.4. The van der Waals surface area contributed by atoms with Gasteiger partial charge >= 0.3 is 12.1 Å². The number of carbonyl (C=O) groups is 3. The molecule has 2 rings (SSSR count). The minimum atomic E-state index is -1.37. The largest absolute Gasteiger partial charge is 0.467 e. The van der Waals surface area contributed by atoms with Crippen LogP contribution in [0.5, 0.6) is 0 Å². The maximum Gasteiger partial charge on any atom is 0.408 e. The van der Waals surface area contributed by atoms with Gasteiger partial charge in [0.05, 0.1) is 13.7 Å². The molecule has 0 saturated heterocycles. The highest BCUT2D eigenvalue weighted by Crippen LogP contribution is 2.10. The van der Waals surface area contributed by atoms with Crippen molar-refractivity contribution in [3.05, 3.63) is 71.5 Å². The number of amides is 2. The Morgan fingerprint density at radius 3 is 2.30 bits per heavy atom. The molecule has 0 radical (unpaired) electrons. The van der Waals surface area contributed by atoms with Gasteiger partial charge in [0.15, 0.2) is 0 Å². The van der Waals surface area contributed by atoms with Crippen LogP contribution < -0.4 is 10.6 Å². The molecule has 0 unspecified atom stereocenters. The summed E-state index contributed by atoms with van der Waals surface area (Å²) < 4.78 is 23.6. The van der Waals surface area contributed by atoms with Gasteiger partial charge in [0.25, 0.3) is 0 Å². The van der Waals surface area contributed by atoms with Crippen LogP contribution in [0.2, 0.25) is 0 Å². The summed E-state index contributed by atoms with van der Waals surface area (Å²) in [5.41, 5.74) is 0.942. The fourth-order valence-corrected chi connectivity index (χ4v) is 2.59. The van der Waals surface area contributed by atoms with E-state index in [0.29, 0.717) is 0 Å². The van der Waals surface area contributed by atoms with Crippen LogP contribution in [0.4, 0.5) is 9.18 Å². The first-order chi connectivity index (χ1) is 14.4. The van der Waals surface area contributed by atoms with Gasteiger partial charge in [0.2, 0.25) is 5.91 Å². The molecular weight excluding hydrogens is 395 g/mol. The Kier molecular flexibility index (Phi) is 8.76. The zero-order valence-electron chi connectivity index (χ0n) is 16.3. The standard InChI is InChI=1S/C21H23FN2O6/c1-29-20(27)17(11-15-9-5-6-10-16(15)22)23-19(26)18(12-25)24-21(28)30-13-14-7-3-2-4-8-14/h2-10,17-18,25H,11-13H2,1H3,(H,23,26)(H,24,28)/t17-,18+/m1/s1. The Balaban J connectivity index is 1.96. The van der Waals surface area contributed by atoms with Gasteiger partial charge in [-0.15, -0.1) is 0 Å². The highest BCUT2D eigenvalue weighted by atomic mass is 19.1. The average molecular weight is 418 g/mol. The molecule has 0 aliphatic rings. The van der Waals surface area contributed by atoms with Crippen molar-refractivity contribution >= 4 is 18.0 Å². The lowest BCUT2D eigenvalue weighted by Crippen LogP contribution is -2.54. The van der Waals surface area contributed by atoms with Gasteiger partial charge in [-0.2, -0.15) is 0 Å². The van der Waals surface area contributed by atoms with E-state index in [0.717, 1.165) is 12.7 Å². The molecule has 2 aromatic carbocycles. The number of rotatable bonds is 9. The molecule has 0 aromatic heterocycles. The maximum absolute atomic E-state index is 13.9. The van der Waals surface area contributed by atoms with E-state index in [1.54, 1.807) is 30.3 Å². The fourth-order valence-electron chi connectivity index (χ4n) is 2.59. The summed E-state index contributed by atoms with van der Waals surface area (Å²) >= 11 is 0. The van der Waals surface area contributed by atoms with E-state index in [2.05, 4.69) is 15.4 Å². The summed E-state index contributed by atoms with van der Waals surface area (Å²) in [6.07, 6.45) is -1.08. The Labute approximate surface area is 173 Å². The molecule has 30 heavy (non-hydrogen) atoms. The summed E-state index contributed by atoms with van der Waals surface area (Å²) in [5.74, 6) is -2.18. The van der Waals surface area contributed by atoms with Crippen molar-refractivity contribution < 1.29 is 33.4 Å². The van der Waals surface area contributed by atoms with Crippen LogP contribution in [0.3, 0.4) is 0 Å². The number of nitrogens with one attached hydrogen (secondary N) is 2. The number of hydrogen-bond acceptors (Lipinski definition) is 6. The first-order valence-corrected chi connectivity index (χ1v) is 9.14. The lowest BCUT2D eigenvalue weighted by molar-refractivity contribution is -0.145. The number of ether oxygens (including phenoxy) is 2. The molecular formula is C21H23FN2O6. The monoisotopic (exact) mass is 418 g/mol. The molecule has 2 atom stereocenters. The lowest BCUT2D eigenvalue weighted by atomic mass is 10.0. The van der Waals surface area contributed by atoms with Crippen LogP contribution in [0.15, 0.2) is 54.6 Å². The predicted molar refractivity (Wildman–Crippen MR) is 105 cm³/mol. The van der Waals surface area contributed by atoms with Gasteiger partial charge in [-0.05, 0) is 17.2 Å². The van der Waals surface area contributed by atoms with E-state index >= 15 is 0 Å². The van der Waals surface area contributed by atoms with E-state index < -0.39 is 42.5 Å². The third-order valence-electron chi connectivity index (χ3n) is 4.19. The van der Waals surface area contributed by atoms with Crippen molar-refractivity contribution in [2.75, 3.05) is 13.7 Å². The van der Waals surface area contributed by atoms with Crippen molar-refractivity contribution in [1.29, 1.82) is 0 Å². The molecule has 0 spiro atoms. The molecule has 9 heteroatoms. The quantitative estimate of drug-likeness (QED) is 0.529. The molecule has 0 bridgehead atoms. The topological polar surface area (TPSA) is 114 Å². The van der Waals surface area contributed by atoms with Crippen molar-refractivity contribution in [1.82, 2.24) is 10.6 Å². The lowest BCUT2D eigenvalue weighted by Gasteiger charge is -2.21. The number of halogens is 1. The van der Waals surface area contributed by atoms with Crippen LogP contribution in [0.25, 0.3) is 0 Å². The highest BCUT2D eigenvalue weighted by Gasteiger charge is 2.28. The number of aliphatic hydroxyl groups excluding tert-OH is 1. The molecule has 160 valence electrons. The zero-order chi connectivity index (χ0) is 21.9.